The Morgan fingerprint density at radius 2 is 0.902 bits per heavy atom. The van der Waals surface area contributed by atoms with Crippen LogP contribution in [0.2, 0.25) is 0 Å². The fraction of sp³-hybridized carbons (Fsp3) is 0.0204. The molecular formula is C49H34N2. The number of fused-ring (bicyclic) bond motifs is 6. The summed E-state index contributed by atoms with van der Waals surface area (Å²) in [5.41, 5.74) is 17.3. The topological polar surface area (TPSA) is 8.17 Å². The van der Waals surface area contributed by atoms with Crippen LogP contribution in [0.1, 0.15) is 11.1 Å². The zero-order valence-electron chi connectivity index (χ0n) is 28.1. The van der Waals surface area contributed by atoms with Crippen LogP contribution in [0.25, 0.3) is 60.9 Å². The summed E-state index contributed by atoms with van der Waals surface area (Å²) in [7, 11) is 0. The minimum Gasteiger partial charge on any atom is -0.310 e. The third-order valence-corrected chi connectivity index (χ3v) is 10.4. The van der Waals surface area contributed by atoms with Crippen molar-refractivity contribution in [2.24, 2.45) is 0 Å². The second kappa shape index (κ2) is 12.0. The number of para-hydroxylation sites is 2. The third-order valence-electron chi connectivity index (χ3n) is 10.4. The lowest BCUT2D eigenvalue weighted by molar-refractivity contribution is 1.18. The summed E-state index contributed by atoms with van der Waals surface area (Å²) in [6.45, 7) is 0. The lowest BCUT2D eigenvalue weighted by Crippen LogP contribution is -2.10. The predicted molar refractivity (Wildman–Crippen MR) is 215 cm³/mol. The van der Waals surface area contributed by atoms with Crippen LogP contribution in [0.4, 0.5) is 17.1 Å². The van der Waals surface area contributed by atoms with Crippen LogP contribution >= 0.6 is 0 Å². The van der Waals surface area contributed by atoms with Gasteiger partial charge in [0.05, 0.1) is 11.0 Å². The molecular weight excluding hydrogens is 617 g/mol. The zero-order valence-corrected chi connectivity index (χ0v) is 28.1. The predicted octanol–water partition coefficient (Wildman–Crippen LogP) is 13.2. The molecule has 1 heterocycles. The van der Waals surface area contributed by atoms with Crippen LogP contribution in [-0.2, 0) is 6.42 Å². The minimum absolute atomic E-state index is 0.961. The van der Waals surface area contributed by atoms with E-state index in [-0.39, 0.29) is 0 Å². The van der Waals surface area contributed by atoms with E-state index in [1.54, 1.807) is 0 Å². The Morgan fingerprint density at radius 1 is 0.353 bits per heavy atom. The summed E-state index contributed by atoms with van der Waals surface area (Å²) in [5.74, 6) is 0. The van der Waals surface area contributed by atoms with Crippen molar-refractivity contribution < 1.29 is 0 Å². The first-order valence-corrected chi connectivity index (χ1v) is 17.6. The van der Waals surface area contributed by atoms with Crippen molar-refractivity contribution in [1.29, 1.82) is 0 Å². The lowest BCUT2D eigenvalue weighted by Gasteiger charge is -2.26. The number of nitrogens with zero attached hydrogens (tertiary/aromatic N) is 2. The highest BCUT2D eigenvalue weighted by Crippen LogP contribution is 2.43. The molecule has 9 aromatic rings. The molecule has 0 saturated heterocycles. The molecule has 0 bridgehead atoms. The van der Waals surface area contributed by atoms with Gasteiger partial charge in [0, 0.05) is 33.5 Å². The molecule has 240 valence electrons. The van der Waals surface area contributed by atoms with Gasteiger partial charge < -0.3 is 9.47 Å². The van der Waals surface area contributed by atoms with E-state index in [0.717, 1.165) is 23.5 Å². The maximum absolute atomic E-state index is 2.39. The van der Waals surface area contributed by atoms with Crippen molar-refractivity contribution in [3.8, 4) is 39.1 Å². The average Bonchev–Trinajstić information content (AvgIpc) is 3.74. The number of aromatic nitrogens is 1. The Kier molecular flexibility index (Phi) is 6.92. The molecule has 0 spiro atoms. The molecule has 8 aromatic carbocycles. The first-order chi connectivity index (χ1) is 25.3. The van der Waals surface area contributed by atoms with Gasteiger partial charge in [-0.05, 0) is 118 Å². The van der Waals surface area contributed by atoms with E-state index < -0.39 is 0 Å². The largest absolute Gasteiger partial charge is 0.310 e. The molecule has 0 N–H and O–H groups in total. The van der Waals surface area contributed by atoms with Crippen molar-refractivity contribution in [1.82, 2.24) is 4.57 Å². The van der Waals surface area contributed by atoms with Gasteiger partial charge in [0.25, 0.3) is 0 Å². The summed E-state index contributed by atoms with van der Waals surface area (Å²) in [6, 6.07) is 70.6. The third kappa shape index (κ3) is 5.04. The number of rotatable bonds is 6. The Bertz CT molecular complexity index is 2690. The molecule has 0 saturated carbocycles. The smallest absolute Gasteiger partial charge is 0.0541 e. The van der Waals surface area contributed by atoms with E-state index in [9.17, 15) is 0 Å². The van der Waals surface area contributed by atoms with Gasteiger partial charge in [0.1, 0.15) is 0 Å². The minimum atomic E-state index is 0.961. The van der Waals surface area contributed by atoms with Crippen molar-refractivity contribution >= 4 is 38.9 Å². The Labute approximate surface area is 298 Å². The van der Waals surface area contributed by atoms with Gasteiger partial charge in [-0.1, -0.05) is 127 Å². The molecule has 1 aromatic heterocycles. The van der Waals surface area contributed by atoms with Crippen molar-refractivity contribution in [3.63, 3.8) is 0 Å². The van der Waals surface area contributed by atoms with Gasteiger partial charge in [0.2, 0.25) is 0 Å². The molecule has 10 rings (SSSR count). The first-order valence-electron chi connectivity index (χ1n) is 17.6. The van der Waals surface area contributed by atoms with E-state index in [1.807, 2.05) is 0 Å². The molecule has 0 aliphatic heterocycles. The summed E-state index contributed by atoms with van der Waals surface area (Å²) in [6.07, 6.45) is 0.961. The summed E-state index contributed by atoms with van der Waals surface area (Å²) in [4.78, 5) is 2.39. The normalized spacial score (nSPS) is 11.8. The second-order valence-electron chi connectivity index (χ2n) is 13.4. The Balaban J connectivity index is 1.05. The van der Waals surface area contributed by atoms with E-state index >= 15 is 0 Å². The first kappa shape index (κ1) is 29.3. The highest BCUT2D eigenvalue weighted by atomic mass is 15.1. The zero-order chi connectivity index (χ0) is 33.7. The SMILES string of the molecule is c1ccc(-c2ccc(N(c3ccc(-c4ccc5c(c4)c4ccccc4n5-c4ccccc4)cc3)c3ccc4c(c3)Cc3ccccc3-4)cc2)cc1. The van der Waals surface area contributed by atoms with Crippen LogP contribution in [0, 0.1) is 0 Å². The van der Waals surface area contributed by atoms with Crippen molar-refractivity contribution in [3.05, 3.63) is 205 Å². The molecule has 1 aliphatic carbocycles. The van der Waals surface area contributed by atoms with Crippen LogP contribution in [0.5, 0.6) is 0 Å². The van der Waals surface area contributed by atoms with Gasteiger partial charge in [-0.3, -0.25) is 0 Å². The summed E-state index contributed by atoms with van der Waals surface area (Å²) in [5, 5.41) is 2.52. The van der Waals surface area contributed by atoms with E-state index in [1.165, 1.54) is 72.0 Å². The quantitative estimate of drug-likeness (QED) is 0.174. The fourth-order valence-corrected chi connectivity index (χ4v) is 7.96. The number of hydrogen-bond acceptors (Lipinski definition) is 1. The fourth-order valence-electron chi connectivity index (χ4n) is 7.96. The molecule has 2 nitrogen and oxygen atoms in total. The van der Waals surface area contributed by atoms with Gasteiger partial charge in [-0.25, -0.2) is 0 Å². The number of hydrogen-bond donors (Lipinski definition) is 0. The summed E-state index contributed by atoms with van der Waals surface area (Å²) < 4.78 is 2.37. The van der Waals surface area contributed by atoms with Gasteiger partial charge in [-0.2, -0.15) is 0 Å². The number of benzene rings is 8. The Morgan fingerprint density at radius 3 is 1.67 bits per heavy atom. The monoisotopic (exact) mass is 650 g/mol. The molecule has 0 unspecified atom stereocenters. The molecule has 0 fully saturated rings. The molecule has 0 amide bonds. The maximum Gasteiger partial charge on any atom is 0.0541 e. The summed E-state index contributed by atoms with van der Waals surface area (Å²) >= 11 is 0. The van der Waals surface area contributed by atoms with Crippen LogP contribution in [0.15, 0.2) is 194 Å². The van der Waals surface area contributed by atoms with E-state index in [0.29, 0.717) is 0 Å². The molecule has 51 heavy (non-hydrogen) atoms. The lowest BCUT2D eigenvalue weighted by atomic mass is 10.0. The second-order valence-corrected chi connectivity index (χ2v) is 13.4. The van der Waals surface area contributed by atoms with Gasteiger partial charge >= 0.3 is 0 Å². The van der Waals surface area contributed by atoms with Crippen molar-refractivity contribution in [2.75, 3.05) is 4.90 Å². The van der Waals surface area contributed by atoms with E-state index in [2.05, 4.69) is 204 Å². The number of anilines is 3. The van der Waals surface area contributed by atoms with Gasteiger partial charge in [-0.15, -0.1) is 0 Å². The van der Waals surface area contributed by atoms with Gasteiger partial charge in [0.15, 0.2) is 0 Å². The van der Waals surface area contributed by atoms with Crippen LogP contribution < -0.4 is 4.90 Å². The maximum atomic E-state index is 2.39. The highest BCUT2D eigenvalue weighted by Gasteiger charge is 2.21. The molecule has 0 radical (unpaired) electrons. The standard InChI is InChI=1S/C49H34N2/c1-3-11-34(12-4-1)35-19-24-41(25-20-35)50(43-28-29-45-39(32-43)31-38-13-7-8-16-44(38)45)42-26-21-36(22-27-42)37-23-30-49-47(33-37)46-17-9-10-18-48(46)51(49)40-14-5-2-6-15-40/h1-30,32-33H,31H2. The average molecular weight is 651 g/mol. The van der Waals surface area contributed by atoms with Crippen molar-refractivity contribution in [2.45, 2.75) is 6.42 Å². The van der Waals surface area contributed by atoms with Crippen LogP contribution in [-0.4, -0.2) is 4.57 Å². The molecule has 2 heteroatoms. The highest BCUT2D eigenvalue weighted by molar-refractivity contribution is 6.10. The Hall–Kier alpha value is -6.64. The van der Waals surface area contributed by atoms with Crippen LogP contribution in [0.3, 0.4) is 0 Å². The molecule has 1 aliphatic rings. The van der Waals surface area contributed by atoms with E-state index in [4.69, 9.17) is 0 Å². The molecule has 0 atom stereocenters.